The Morgan fingerprint density at radius 3 is 2.67 bits per heavy atom. The van der Waals surface area contributed by atoms with E-state index in [9.17, 15) is 4.39 Å². The molecule has 18 heavy (non-hydrogen) atoms. The Kier molecular flexibility index (Phi) is 4.38. The molecule has 2 aromatic rings. The summed E-state index contributed by atoms with van der Waals surface area (Å²) in [6.45, 7) is 0. The van der Waals surface area contributed by atoms with E-state index in [2.05, 4.69) is 15.9 Å². The topological polar surface area (TPSA) is 26.0 Å². The molecule has 0 saturated carbocycles. The van der Waals surface area contributed by atoms with Crippen LogP contribution in [0.25, 0.3) is 0 Å². The third kappa shape index (κ3) is 3.55. The Hall–Kier alpha value is -0.900. The minimum absolute atomic E-state index is 0.254. The van der Waals surface area contributed by atoms with E-state index in [0.717, 1.165) is 11.1 Å². The van der Waals surface area contributed by atoms with Gasteiger partial charge in [-0.3, -0.25) is 0 Å². The van der Waals surface area contributed by atoms with Gasteiger partial charge in [0.1, 0.15) is 5.82 Å². The van der Waals surface area contributed by atoms with Gasteiger partial charge >= 0.3 is 0 Å². The number of nitrogens with two attached hydrogens (primary N) is 1. The Morgan fingerprint density at radius 2 is 2.00 bits per heavy atom. The summed E-state index contributed by atoms with van der Waals surface area (Å²) in [6, 6.07) is 12.0. The van der Waals surface area contributed by atoms with Crippen molar-refractivity contribution in [3.8, 4) is 0 Å². The van der Waals surface area contributed by atoms with Crippen molar-refractivity contribution in [2.45, 2.75) is 12.5 Å². The summed E-state index contributed by atoms with van der Waals surface area (Å²) < 4.78 is 14.0. The monoisotopic (exact) mass is 327 g/mol. The standard InChI is InChI=1S/C14H12BrClFN/c15-11-6-10(7-13(17)8-11)14(18)5-9-2-1-3-12(16)4-9/h1-4,6-8,14H,5,18H2. The lowest BCUT2D eigenvalue weighted by atomic mass is 10.00. The Labute approximate surface area is 119 Å². The van der Waals surface area contributed by atoms with E-state index in [1.54, 1.807) is 0 Å². The molecular formula is C14H12BrClFN. The van der Waals surface area contributed by atoms with E-state index in [1.807, 2.05) is 30.3 Å². The van der Waals surface area contributed by atoms with Crippen LogP contribution < -0.4 is 5.73 Å². The van der Waals surface area contributed by atoms with Crippen LogP contribution in [0.15, 0.2) is 46.9 Å². The third-order valence-electron chi connectivity index (χ3n) is 2.66. The van der Waals surface area contributed by atoms with Gasteiger partial charge in [-0.05, 0) is 47.9 Å². The lowest BCUT2D eigenvalue weighted by Gasteiger charge is -2.13. The second-order valence-electron chi connectivity index (χ2n) is 4.14. The molecular weight excluding hydrogens is 317 g/mol. The molecule has 0 spiro atoms. The fraction of sp³-hybridized carbons (Fsp3) is 0.143. The highest BCUT2D eigenvalue weighted by Gasteiger charge is 2.09. The zero-order valence-corrected chi connectivity index (χ0v) is 11.9. The number of halogens is 3. The highest BCUT2D eigenvalue weighted by molar-refractivity contribution is 9.10. The van der Waals surface area contributed by atoms with E-state index >= 15 is 0 Å². The Morgan fingerprint density at radius 1 is 1.22 bits per heavy atom. The highest BCUT2D eigenvalue weighted by atomic mass is 79.9. The number of hydrogen-bond acceptors (Lipinski definition) is 1. The highest BCUT2D eigenvalue weighted by Crippen LogP contribution is 2.22. The van der Waals surface area contributed by atoms with Crippen molar-refractivity contribution in [2.24, 2.45) is 5.73 Å². The first kappa shape index (κ1) is 13.5. The van der Waals surface area contributed by atoms with Crippen LogP contribution in [0.5, 0.6) is 0 Å². The largest absolute Gasteiger partial charge is 0.324 e. The molecule has 2 N–H and O–H groups in total. The molecule has 1 unspecified atom stereocenters. The molecule has 0 radical (unpaired) electrons. The van der Waals surface area contributed by atoms with Crippen molar-refractivity contribution in [1.29, 1.82) is 0 Å². The maximum Gasteiger partial charge on any atom is 0.124 e. The quantitative estimate of drug-likeness (QED) is 0.883. The normalized spacial score (nSPS) is 12.4. The molecule has 0 aliphatic heterocycles. The van der Waals surface area contributed by atoms with Gasteiger partial charge < -0.3 is 5.73 Å². The summed E-state index contributed by atoms with van der Waals surface area (Å²) >= 11 is 9.18. The summed E-state index contributed by atoms with van der Waals surface area (Å²) in [7, 11) is 0. The number of hydrogen-bond donors (Lipinski definition) is 1. The second kappa shape index (κ2) is 5.83. The van der Waals surface area contributed by atoms with Crippen molar-refractivity contribution < 1.29 is 4.39 Å². The minimum atomic E-state index is -0.291. The van der Waals surface area contributed by atoms with Crippen LogP contribution in [0.1, 0.15) is 17.2 Å². The molecule has 1 atom stereocenters. The van der Waals surface area contributed by atoms with E-state index in [4.69, 9.17) is 17.3 Å². The maximum absolute atomic E-state index is 13.3. The molecule has 2 rings (SSSR count). The van der Waals surface area contributed by atoms with E-state index < -0.39 is 0 Å². The van der Waals surface area contributed by atoms with E-state index in [0.29, 0.717) is 15.9 Å². The van der Waals surface area contributed by atoms with Gasteiger partial charge in [-0.15, -0.1) is 0 Å². The van der Waals surface area contributed by atoms with Crippen molar-refractivity contribution in [3.63, 3.8) is 0 Å². The van der Waals surface area contributed by atoms with Crippen LogP contribution in [-0.4, -0.2) is 0 Å². The van der Waals surface area contributed by atoms with Crippen LogP contribution in [-0.2, 0) is 6.42 Å². The molecule has 1 nitrogen and oxygen atoms in total. The molecule has 0 heterocycles. The SMILES string of the molecule is NC(Cc1cccc(Cl)c1)c1cc(F)cc(Br)c1. The summed E-state index contributed by atoms with van der Waals surface area (Å²) in [5.41, 5.74) is 7.89. The summed E-state index contributed by atoms with van der Waals surface area (Å²) in [6.07, 6.45) is 0.621. The van der Waals surface area contributed by atoms with Crippen molar-refractivity contribution in [3.05, 3.63) is 68.9 Å². The molecule has 0 aliphatic rings. The molecule has 94 valence electrons. The molecule has 0 saturated heterocycles. The van der Waals surface area contributed by atoms with Gasteiger partial charge in [0.2, 0.25) is 0 Å². The molecule has 0 aliphatic carbocycles. The summed E-state index contributed by atoms with van der Waals surface area (Å²) in [5, 5.41) is 0.681. The Bertz CT molecular complexity index is 539. The zero-order valence-electron chi connectivity index (χ0n) is 9.54. The van der Waals surface area contributed by atoms with Crippen LogP contribution >= 0.6 is 27.5 Å². The maximum atomic E-state index is 13.3. The van der Waals surface area contributed by atoms with Gasteiger partial charge in [-0.25, -0.2) is 4.39 Å². The average molecular weight is 329 g/mol. The molecule has 0 aromatic heterocycles. The van der Waals surface area contributed by atoms with Crippen LogP contribution in [0, 0.1) is 5.82 Å². The van der Waals surface area contributed by atoms with Gasteiger partial charge in [0.25, 0.3) is 0 Å². The summed E-state index contributed by atoms with van der Waals surface area (Å²) in [4.78, 5) is 0. The molecule has 0 amide bonds. The Balaban J connectivity index is 2.19. The van der Waals surface area contributed by atoms with E-state index in [-0.39, 0.29) is 11.9 Å². The first-order valence-corrected chi connectivity index (χ1v) is 6.68. The van der Waals surface area contributed by atoms with Crippen molar-refractivity contribution >= 4 is 27.5 Å². The number of rotatable bonds is 3. The fourth-order valence-electron chi connectivity index (χ4n) is 1.82. The van der Waals surface area contributed by atoms with Gasteiger partial charge in [-0.2, -0.15) is 0 Å². The average Bonchev–Trinajstić information content (AvgIpc) is 2.27. The predicted molar refractivity (Wildman–Crippen MR) is 76.2 cm³/mol. The number of benzene rings is 2. The lowest BCUT2D eigenvalue weighted by Crippen LogP contribution is -2.13. The van der Waals surface area contributed by atoms with Gasteiger partial charge in [-0.1, -0.05) is 39.7 Å². The lowest BCUT2D eigenvalue weighted by molar-refractivity contribution is 0.617. The second-order valence-corrected chi connectivity index (χ2v) is 5.50. The third-order valence-corrected chi connectivity index (χ3v) is 3.35. The predicted octanol–water partition coefficient (Wildman–Crippen LogP) is 4.48. The summed E-state index contributed by atoms with van der Waals surface area (Å²) in [5.74, 6) is -0.291. The first-order valence-electron chi connectivity index (χ1n) is 5.50. The van der Waals surface area contributed by atoms with Gasteiger partial charge in [0.05, 0.1) is 0 Å². The van der Waals surface area contributed by atoms with Crippen LogP contribution in [0.2, 0.25) is 5.02 Å². The van der Waals surface area contributed by atoms with Gasteiger partial charge in [0, 0.05) is 15.5 Å². The van der Waals surface area contributed by atoms with Crippen molar-refractivity contribution in [2.75, 3.05) is 0 Å². The molecule has 0 fully saturated rings. The van der Waals surface area contributed by atoms with Gasteiger partial charge in [0.15, 0.2) is 0 Å². The van der Waals surface area contributed by atoms with Crippen LogP contribution in [0.3, 0.4) is 0 Å². The van der Waals surface area contributed by atoms with Crippen LogP contribution in [0.4, 0.5) is 4.39 Å². The molecule has 0 bridgehead atoms. The minimum Gasteiger partial charge on any atom is -0.324 e. The fourth-order valence-corrected chi connectivity index (χ4v) is 2.52. The zero-order chi connectivity index (χ0) is 13.1. The smallest absolute Gasteiger partial charge is 0.124 e. The molecule has 2 aromatic carbocycles. The van der Waals surface area contributed by atoms with E-state index in [1.165, 1.54) is 12.1 Å². The molecule has 4 heteroatoms. The van der Waals surface area contributed by atoms with Crippen molar-refractivity contribution in [1.82, 2.24) is 0 Å². The first-order chi connectivity index (χ1) is 8.54.